The molecular formula is C9H20N2. The Balaban J connectivity index is 4.02. The Morgan fingerprint density at radius 1 is 1.36 bits per heavy atom. The lowest BCUT2D eigenvalue weighted by Crippen LogP contribution is -2.38. The number of likely N-dealkylation sites (N-methyl/N-ethyl adjacent to an activating group) is 1. The first-order chi connectivity index (χ1) is 5.00. The summed E-state index contributed by atoms with van der Waals surface area (Å²) in [4.78, 5) is 0. The van der Waals surface area contributed by atoms with Crippen LogP contribution >= 0.6 is 0 Å². The minimum atomic E-state index is -0.0626. The van der Waals surface area contributed by atoms with Crippen LogP contribution in [0.5, 0.6) is 0 Å². The van der Waals surface area contributed by atoms with E-state index in [-0.39, 0.29) is 6.17 Å². The summed E-state index contributed by atoms with van der Waals surface area (Å²) in [5.41, 5.74) is 6.83. The molecule has 0 fully saturated rings. The Bertz CT molecular complexity index is 130. The van der Waals surface area contributed by atoms with Crippen LogP contribution in [0.3, 0.4) is 0 Å². The predicted octanol–water partition coefficient (Wildman–Crippen LogP) is 1.34. The van der Waals surface area contributed by atoms with E-state index in [1.807, 2.05) is 7.05 Å². The maximum Gasteiger partial charge on any atom is 0.0766 e. The van der Waals surface area contributed by atoms with Crippen molar-refractivity contribution in [2.45, 2.75) is 26.9 Å². The highest BCUT2D eigenvalue weighted by Crippen LogP contribution is 2.18. The molecule has 0 rings (SSSR count). The molecule has 0 aromatic carbocycles. The van der Waals surface area contributed by atoms with Crippen LogP contribution in [-0.4, -0.2) is 13.2 Å². The molecule has 0 aromatic heterocycles. The van der Waals surface area contributed by atoms with Crippen molar-refractivity contribution in [1.29, 1.82) is 0 Å². The smallest absolute Gasteiger partial charge is 0.0766 e. The van der Waals surface area contributed by atoms with Gasteiger partial charge in [0.15, 0.2) is 0 Å². The summed E-state index contributed by atoms with van der Waals surface area (Å²) in [5.74, 6) is 1.10. The number of rotatable bonds is 4. The second kappa shape index (κ2) is 4.52. The van der Waals surface area contributed by atoms with Gasteiger partial charge in [-0.25, -0.2) is 0 Å². The van der Waals surface area contributed by atoms with Gasteiger partial charge in [-0.05, 0) is 24.5 Å². The van der Waals surface area contributed by atoms with Crippen molar-refractivity contribution in [3.63, 3.8) is 0 Å². The molecule has 2 atom stereocenters. The number of nitrogens with two attached hydrogens (primary N) is 1. The normalized spacial score (nSPS) is 16.5. The van der Waals surface area contributed by atoms with E-state index >= 15 is 0 Å². The van der Waals surface area contributed by atoms with Gasteiger partial charge in [0, 0.05) is 0 Å². The fraction of sp³-hybridized carbons (Fsp3) is 0.778. The zero-order chi connectivity index (χ0) is 9.02. The van der Waals surface area contributed by atoms with Crippen LogP contribution in [0.15, 0.2) is 12.2 Å². The third-order valence-electron chi connectivity index (χ3n) is 2.30. The third-order valence-corrected chi connectivity index (χ3v) is 2.30. The molecule has 0 saturated heterocycles. The summed E-state index contributed by atoms with van der Waals surface area (Å²) < 4.78 is 0. The molecule has 2 heteroatoms. The molecule has 0 aliphatic carbocycles. The van der Waals surface area contributed by atoms with Gasteiger partial charge in [0.25, 0.3) is 0 Å². The van der Waals surface area contributed by atoms with Crippen molar-refractivity contribution in [2.24, 2.45) is 17.6 Å². The summed E-state index contributed by atoms with van der Waals surface area (Å²) in [7, 11) is 1.85. The highest BCUT2D eigenvalue weighted by molar-refractivity contribution is 5.07. The van der Waals surface area contributed by atoms with Gasteiger partial charge in [-0.1, -0.05) is 27.4 Å². The molecule has 0 radical (unpaired) electrons. The Morgan fingerprint density at radius 2 is 1.82 bits per heavy atom. The summed E-state index contributed by atoms with van der Waals surface area (Å²) in [6.07, 6.45) is -0.0626. The van der Waals surface area contributed by atoms with Crippen molar-refractivity contribution in [3.05, 3.63) is 12.2 Å². The van der Waals surface area contributed by atoms with Crippen molar-refractivity contribution in [1.82, 2.24) is 5.32 Å². The first-order valence-corrected chi connectivity index (χ1v) is 4.12. The predicted molar refractivity (Wildman–Crippen MR) is 50.2 cm³/mol. The Kier molecular flexibility index (Phi) is 4.38. The van der Waals surface area contributed by atoms with Gasteiger partial charge in [-0.2, -0.15) is 0 Å². The molecule has 0 spiro atoms. The number of hydrogen-bond donors (Lipinski definition) is 2. The monoisotopic (exact) mass is 156 g/mol. The first-order valence-electron chi connectivity index (χ1n) is 4.12. The van der Waals surface area contributed by atoms with Gasteiger partial charge in [-0.3, -0.25) is 0 Å². The average Bonchev–Trinajstić information content (AvgIpc) is 2.00. The summed E-state index contributed by atoms with van der Waals surface area (Å²) in [5, 5.41) is 2.98. The molecule has 0 aromatic rings. The lowest BCUT2D eigenvalue weighted by molar-refractivity contribution is 0.441. The Morgan fingerprint density at radius 3 is 2.09 bits per heavy atom. The molecule has 0 heterocycles. The molecule has 2 nitrogen and oxygen atoms in total. The minimum Gasteiger partial charge on any atom is -0.312 e. The average molecular weight is 156 g/mol. The van der Waals surface area contributed by atoms with E-state index in [9.17, 15) is 0 Å². The van der Waals surface area contributed by atoms with Crippen molar-refractivity contribution in [3.8, 4) is 0 Å². The molecule has 66 valence electrons. The van der Waals surface area contributed by atoms with Gasteiger partial charge < -0.3 is 11.1 Å². The van der Waals surface area contributed by atoms with Gasteiger partial charge in [-0.15, -0.1) is 0 Å². The Hall–Kier alpha value is -0.340. The topological polar surface area (TPSA) is 38.0 Å². The molecule has 0 aliphatic rings. The van der Waals surface area contributed by atoms with E-state index in [1.165, 1.54) is 0 Å². The molecular weight excluding hydrogens is 136 g/mol. The summed E-state index contributed by atoms with van der Waals surface area (Å²) in [6, 6.07) is 0. The number of nitrogens with one attached hydrogen (secondary N) is 1. The lowest BCUT2D eigenvalue weighted by atomic mass is 9.89. The Labute approximate surface area is 69.9 Å². The maximum absolute atomic E-state index is 5.74. The van der Waals surface area contributed by atoms with Crippen molar-refractivity contribution < 1.29 is 0 Å². The molecule has 0 amide bonds. The maximum atomic E-state index is 5.74. The van der Waals surface area contributed by atoms with Gasteiger partial charge in [0.1, 0.15) is 0 Å². The SMILES string of the molecule is C=C(C(N)NC)C(C)C(C)C. The summed E-state index contributed by atoms with van der Waals surface area (Å²) in [6.45, 7) is 10.5. The van der Waals surface area contributed by atoms with E-state index in [4.69, 9.17) is 5.73 Å². The van der Waals surface area contributed by atoms with Crippen LogP contribution in [0.4, 0.5) is 0 Å². The van der Waals surface area contributed by atoms with Crippen molar-refractivity contribution >= 4 is 0 Å². The molecule has 11 heavy (non-hydrogen) atoms. The first kappa shape index (κ1) is 10.7. The van der Waals surface area contributed by atoms with E-state index < -0.39 is 0 Å². The quantitative estimate of drug-likeness (QED) is 0.476. The lowest BCUT2D eigenvalue weighted by Gasteiger charge is -2.23. The van der Waals surface area contributed by atoms with Crippen LogP contribution < -0.4 is 11.1 Å². The molecule has 0 saturated carbocycles. The zero-order valence-electron chi connectivity index (χ0n) is 8.02. The highest BCUT2D eigenvalue weighted by Gasteiger charge is 2.15. The molecule has 3 N–H and O–H groups in total. The highest BCUT2D eigenvalue weighted by atomic mass is 15.0. The van der Waals surface area contributed by atoms with Crippen LogP contribution in [0.25, 0.3) is 0 Å². The largest absolute Gasteiger partial charge is 0.312 e. The van der Waals surface area contributed by atoms with Crippen LogP contribution in [-0.2, 0) is 0 Å². The van der Waals surface area contributed by atoms with Gasteiger partial charge in [0.2, 0.25) is 0 Å². The van der Waals surface area contributed by atoms with Crippen LogP contribution in [0, 0.1) is 11.8 Å². The van der Waals surface area contributed by atoms with Gasteiger partial charge >= 0.3 is 0 Å². The van der Waals surface area contributed by atoms with Crippen LogP contribution in [0.2, 0.25) is 0 Å². The molecule has 0 aliphatic heterocycles. The fourth-order valence-electron chi connectivity index (χ4n) is 0.897. The second-order valence-electron chi connectivity index (χ2n) is 3.37. The molecule has 2 unspecified atom stereocenters. The second-order valence-corrected chi connectivity index (χ2v) is 3.37. The third kappa shape index (κ3) is 3.04. The van der Waals surface area contributed by atoms with Gasteiger partial charge in [0.05, 0.1) is 6.17 Å². The minimum absolute atomic E-state index is 0.0626. The van der Waals surface area contributed by atoms with E-state index in [0.717, 1.165) is 5.57 Å². The van der Waals surface area contributed by atoms with E-state index in [1.54, 1.807) is 0 Å². The van der Waals surface area contributed by atoms with Crippen LogP contribution in [0.1, 0.15) is 20.8 Å². The number of hydrogen-bond acceptors (Lipinski definition) is 2. The molecule has 0 bridgehead atoms. The van der Waals surface area contributed by atoms with E-state index in [0.29, 0.717) is 11.8 Å². The fourth-order valence-corrected chi connectivity index (χ4v) is 0.897. The zero-order valence-corrected chi connectivity index (χ0v) is 8.02. The standard InChI is InChI=1S/C9H20N2/c1-6(2)7(3)8(4)9(10)11-5/h6-7,9,11H,4,10H2,1-3,5H3. The summed E-state index contributed by atoms with van der Waals surface area (Å²) >= 11 is 0. The van der Waals surface area contributed by atoms with Crippen molar-refractivity contribution in [2.75, 3.05) is 7.05 Å². The van der Waals surface area contributed by atoms with E-state index in [2.05, 4.69) is 32.7 Å².